The van der Waals surface area contributed by atoms with Crippen LogP contribution in [0.2, 0.25) is 0 Å². The van der Waals surface area contributed by atoms with E-state index in [0.29, 0.717) is 0 Å². The Kier molecular flexibility index (Phi) is 2.87. The van der Waals surface area contributed by atoms with Gasteiger partial charge in [-0.25, -0.2) is 4.68 Å². The van der Waals surface area contributed by atoms with Crippen LogP contribution < -0.4 is 10.2 Å². The SMILES string of the molecule is COc1cccc([C@@H]2CSc3nnc(C)n3N2)c1. The lowest BCUT2D eigenvalue weighted by molar-refractivity contribution is 0.414. The van der Waals surface area contributed by atoms with Crippen molar-refractivity contribution in [2.45, 2.75) is 18.1 Å². The van der Waals surface area contributed by atoms with Gasteiger partial charge in [0.05, 0.1) is 13.2 Å². The molecule has 5 nitrogen and oxygen atoms in total. The Morgan fingerprint density at radius 3 is 3.17 bits per heavy atom. The van der Waals surface area contributed by atoms with Crippen molar-refractivity contribution in [1.29, 1.82) is 0 Å². The van der Waals surface area contributed by atoms with E-state index in [4.69, 9.17) is 4.74 Å². The molecule has 2 aromatic rings. The summed E-state index contributed by atoms with van der Waals surface area (Å²) in [5.41, 5.74) is 4.64. The van der Waals surface area contributed by atoms with Gasteiger partial charge in [-0.15, -0.1) is 10.2 Å². The van der Waals surface area contributed by atoms with Gasteiger partial charge in [-0.05, 0) is 24.6 Å². The molecular weight excluding hydrogens is 248 g/mol. The molecule has 1 aliphatic rings. The number of nitrogens with one attached hydrogen (secondary N) is 1. The lowest BCUT2D eigenvalue weighted by atomic mass is 10.1. The van der Waals surface area contributed by atoms with Gasteiger partial charge in [0.25, 0.3) is 0 Å². The van der Waals surface area contributed by atoms with Crippen molar-refractivity contribution in [3.8, 4) is 5.75 Å². The lowest BCUT2D eigenvalue weighted by Gasteiger charge is -2.26. The number of aromatic nitrogens is 3. The van der Waals surface area contributed by atoms with E-state index >= 15 is 0 Å². The van der Waals surface area contributed by atoms with Gasteiger partial charge < -0.3 is 10.2 Å². The number of nitrogens with zero attached hydrogens (tertiary/aromatic N) is 3. The highest BCUT2D eigenvalue weighted by atomic mass is 32.2. The summed E-state index contributed by atoms with van der Waals surface area (Å²) >= 11 is 1.71. The van der Waals surface area contributed by atoms with Crippen LogP contribution in [0.4, 0.5) is 0 Å². The van der Waals surface area contributed by atoms with Crippen LogP contribution in [0.15, 0.2) is 29.4 Å². The molecule has 0 saturated heterocycles. The fourth-order valence-electron chi connectivity index (χ4n) is 1.97. The molecule has 1 aromatic carbocycles. The second-order valence-corrected chi connectivity index (χ2v) is 5.12. The predicted molar refractivity (Wildman–Crippen MR) is 70.6 cm³/mol. The number of methoxy groups -OCH3 is 1. The molecule has 3 rings (SSSR count). The first-order valence-corrected chi connectivity index (χ1v) is 6.72. The van der Waals surface area contributed by atoms with Crippen LogP contribution in [0.25, 0.3) is 0 Å². The van der Waals surface area contributed by atoms with Gasteiger partial charge in [-0.1, -0.05) is 23.9 Å². The molecule has 0 unspecified atom stereocenters. The zero-order valence-electron chi connectivity index (χ0n) is 10.3. The summed E-state index contributed by atoms with van der Waals surface area (Å²) in [4.78, 5) is 0. The Morgan fingerprint density at radius 1 is 1.44 bits per heavy atom. The van der Waals surface area contributed by atoms with E-state index in [2.05, 4.69) is 27.8 Å². The van der Waals surface area contributed by atoms with Crippen molar-refractivity contribution in [1.82, 2.24) is 14.9 Å². The molecule has 2 heterocycles. The van der Waals surface area contributed by atoms with Crippen LogP contribution in [0.5, 0.6) is 5.75 Å². The average molecular weight is 262 g/mol. The molecule has 6 heteroatoms. The van der Waals surface area contributed by atoms with Crippen LogP contribution in [0.1, 0.15) is 17.4 Å². The van der Waals surface area contributed by atoms with E-state index in [0.717, 1.165) is 22.5 Å². The lowest BCUT2D eigenvalue weighted by Crippen LogP contribution is -2.28. The summed E-state index contributed by atoms with van der Waals surface area (Å²) in [5.74, 6) is 2.70. The normalized spacial score (nSPS) is 18.0. The molecule has 0 bridgehead atoms. The van der Waals surface area contributed by atoms with Crippen molar-refractivity contribution < 1.29 is 4.74 Å². The van der Waals surface area contributed by atoms with E-state index in [-0.39, 0.29) is 6.04 Å². The highest BCUT2D eigenvalue weighted by Gasteiger charge is 2.22. The fraction of sp³-hybridized carbons (Fsp3) is 0.333. The molecule has 94 valence electrons. The topological polar surface area (TPSA) is 52.0 Å². The maximum Gasteiger partial charge on any atom is 0.210 e. The molecule has 1 aromatic heterocycles. The van der Waals surface area contributed by atoms with Gasteiger partial charge in [-0.3, -0.25) is 0 Å². The van der Waals surface area contributed by atoms with E-state index in [1.807, 2.05) is 23.7 Å². The minimum Gasteiger partial charge on any atom is -0.497 e. The predicted octanol–water partition coefficient (Wildman–Crippen LogP) is 1.99. The third-order valence-electron chi connectivity index (χ3n) is 2.96. The van der Waals surface area contributed by atoms with Crippen LogP contribution in [-0.4, -0.2) is 27.7 Å². The quantitative estimate of drug-likeness (QED) is 0.897. The van der Waals surface area contributed by atoms with Gasteiger partial charge in [0.1, 0.15) is 11.6 Å². The smallest absolute Gasteiger partial charge is 0.210 e. The molecule has 0 fully saturated rings. The second kappa shape index (κ2) is 4.53. The number of hydrogen-bond donors (Lipinski definition) is 1. The van der Waals surface area contributed by atoms with Crippen molar-refractivity contribution in [3.05, 3.63) is 35.7 Å². The Morgan fingerprint density at radius 2 is 2.33 bits per heavy atom. The first-order chi connectivity index (χ1) is 8.78. The molecule has 1 aliphatic heterocycles. The Bertz CT molecular complexity index is 569. The van der Waals surface area contributed by atoms with Crippen LogP contribution in [0.3, 0.4) is 0 Å². The molecular formula is C12H14N4OS. The summed E-state index contributed by atoms with van der Waals surface area (Å²) in [5, 5.41) is 9.09. The molecule has 1 atom stereocenters. The van der Waals surface area contributed by atoms with Gasteiger partial charge in [0.15, 0.2) is 0 Å². The maximum atomic E-state index is 5.26. The summed E-state index contributed by atoms with van der Waals surface area (Å²) < 4.78 is 7.20. The number of hydrogen-bond acceptors (Lipinski definition) is 5. The third-order valence-corrected chi connectivity index (χ3v) is 3.98. The fourth-order valence-corrected chi connectivity index (χ4v) is 2.96. The minimum atomic E-state index is 0.243. The van der Waals surface area contributed by atoms with Gasteiger partial charge in [0.2, 0.25) is 5.16 Å². The number of aryl methyl sites for hydroxylation is 1. The minimum absolute atomic E-state index is 0.243. The first kappa shape index (κ1) is 11.4. The number of fused-ring (bicyclic) bond motifs is 1. The Labute approximate surface area is 110 Å². The van der Waals surface area contributed by atoms with Crippen molar-refractivity contribution in [2.24, 2.45) is 0 Å². The third kappa shape index (κ3) is 1.92. The second-order valence-electron chi connectivity index (χ2n) is 4.13. The van der Waals surface area contributed by atoms with E-state index in [1.54, 1.807) is 18.9 Å². The van der Waals surface area contributed by atoms with Gasteiger partial charge in [0, 0.05) is 5.75 Å². The summed E-state index contributed by atoms with van der Waals surface area (Å²) in [6.45, 7) is 1.94. The van der Waals surface area contributed by atoms with Crippen molar-refractivity contribution in [2.75, 3.05) is 18.3 Å². The zero-order chi connectivity index (χ0) is 12.5. The van der Waals surface area contributed by atoms with E-state index in [1.165, 1.54) is 5.56 Å². The first-order valence-electron chi connectivity index (χ1n) is 5.73. The molecule has 0 radical (unpaired) electrons. The van der Waals surface area contributed by atoms with Crippen LogP contribution in [-0.2, 0) is 0 Å². The number of rotatable bonds is 2. The largest absolute Gasteiger partial charge is 0.497 e. The highest BCUT2D eigenvalue weighted by molar-refractivity contribution is 7.99. The molecule has 0 amide bonds. The highest BCUT2D eigenvalue weighted by Crippen LogP contribution is 2.30. The van der Waals surface area contributed by atoms with Crippen LogP contribution >= 0.6 is 11.8 Å². The molecule has 0 aliphatic carbocycles. The number of ether oxygens (including phenoxy) is 1. The van der Waals surface area contributed by atoms with E-state index < -0.39 is 0 Å². The van der Waals surface area contributed by atoms with Gasteiger partial charge >= 0.3 is 0 Å². The average Bonchev–Trinajstić information content (AvgIpc) is 2.80. The zero-order valence-corrected chi connectivity index (χ0v) is 11.1. The standard InChI is InChI=1S/C12H14N4OS/c1-8-13-14-12-16(8)15-11(7-18-12)9-4-3-5-10(6-9)17-2/h3-6,11,15H,7H2,1-2H3/t11-/m0/s1. The molecule has 1 N–H and O–H groups in total. The monoisotopic (exact) mass is 262 g/mol. The summed E-state index contributed by atoms with van der Waals surface area (Å²) in [6, 6.07) is 8.37. The van der Waals surface area contributed by atoms with Crippen molar-refractivity contribution in [3.63, 3.8) is 0 Å². The van der Waals surface area contributed by atoms with Gasteiger partial charge in [-0.2, -0.15) is 0 Å². The maximum absolute atomic E-state index is 5.26. The Hall–Kier alpha value is -1.69. The summed E-state index contributed by atoms with van der Waals surface area (Å²) in [6.07, 6.45) is 0. The molecule has 18 heavy (non-hydrogen) atoms. The Balaban J connectivity index is 1.88. The molecule has 0 spiro atoms. The van der Waals surface area contributed by atoms with Crippen LogP contribution in [0, 0.1) is 6.92 Å². The van der Waals surface area contributed by atoms with Crippen molar-refractivity contribution >= 4 is 11.8 Å². The van der Waals surface area contributed by atoms with E-state index in [9.17, 15) is 0 Å². The molecule has 0 saturated carbocycles. The summed E-state index contributed by atoms with van der Waals surface area (Å²) in [7, 11) is 1.68. The number of benzene rings is 1. The number of thioether (sulfide) groups is 1.